The zero-order chi connectivity index (χ0) is 22.3. The van der Waals surface area contributed by atoms with Crippen molar-refractivity contribution in [2.45, 2.75) is 28.5 Å². The molecule has 0 aliphatic heterocycles. The Morgan fingerprint density at radius 2 is 1.53 bits per heavy atom. The molecule has 3 rings (SSSR count). The van der Waals surface area contributed by atoms with Gasteiger partial charge in [0.05, 0.1) is 9.79 Å². The number of aliphatic hydroxyl groups is 1. The third-order valence-electron chi connectivity index (χ3n) is 4.34. The number of alkyl halides is 3. The largest absolute Gasteiger partial charge is 0.421 e. The minimum atomic E-state index is -4.91. The first-order valence-corrected chi connectivity index (χ1v) is 9.70. The van der Waals surface area contributed by atoms with Gasteiger partial charge in [0.1, 0.15) is 0 Å². The minimum absolute atomic E-state index is 0.0147. The summed E-state index contributed by atoms with van der Waals surface area (Å²) in [5.74, 6) is -1.40. The molecular weight excluding hydrogens is 428 g/mol. The topological polar surface area (TPSA) is 119 Å². The molecule has 7 nitrogen and oxygen atoms in total. The van der Waals surface area contributed by atoms with Crippen LogP contribution in [0, 0.1) is 5.82 Å². The molecule has 1 atom stereocenters. The first-order chi connectivity index (χ1) is 13.8. The lowest BCUT2D eigenvalue weighted by Crippen LogP contribution is -2.39. The Hall–Kier alpha value is -3.12. The van der Waals surface area contributed by atoms with Gasteiger partial charge in [-0.2, -0.15) is 13.2 Å². The molecule has 0 unspecified atom stereocenters. The molecule has 0 saturated carbocycles. The Balaban J connectivity index is 1.90. The van der Waals surface area contributed by atoms with E-state index in [0.29, 0.717) is 12.5 Å². The minimum Gasteiger partial charge on any atom is -0.381 e. The maximum atomic E-state index is 13.5. The van der Waals surface area contributed by atoms with Crippen molar-refractivity contribution >= 4 is 15.7 Å². The van der Waals surface area contributed by atoms with Crippen LogP contribution in [0.1, 0.15) is 12.5 Å². The van der Waals surface area contributed by atoms with Crippen molar-refractivity contribution in [3.8, 4) is 11.4 Å². The molecule has 0 fully saturated rings. The molecule has 3 aromatic rings. The average Bonchev–Trinajstić information content (AvgIpc) is 2.69. The zero-order valence-corrected chi connectivity index (χ0v) is 16.0. The molecule has 12 heteroatoms. The van der Waals surface area contributed by atoms with Crippen LogP contribution in [0.4, 0.5) is 23.4 Å². The van der Waals surface area contributed by atoms with Gasteiger partial charge in [-0.1, -0.05) is 0 Å². The first kappa shape index (κ1) is 21.6. The van der Waals surface area contributed by atoms with Crippen molar-refractivity contribution in [3.05, 3.63) is 60.3 Å². The van der Waals surface area contributed by atoms with E-state index < -0.39 is 43.7 Å². The van der Waals surface area contributed by atoms with E-state index in [2.05, 4.69) is 15.0 Å². The molecule has 0 amide bonds. The van der Waals surface area contributed by atoms with Crippen LogP contribution in [0.15, 0.2) is 58.7 Å². The van der Waals surface area contributed by atoms with Gasteiger partial charge >= 0.3 is 6.18 Å². The Bertz CT molecular complexity index is 1180. The molecule has 2 aromatic heterocycles. The van der Waals surface area contributed by atoms with E-state index in [1.54, 1.807) is 0 Å². The van der Waals surface area contributed by atoms with Crippen LogP contribution in [0.5, 0.6) is 0 Å². The summed E-state index contributed by atoms with van der Waals surface area (Å²) in [4.78, 5) is 10.5. The molecule has 0 radical (unpaired) electrons. The molecule has 2 heterocycles. The van der Waals surface area contributed by atoms with Crippen LogP contribution in [-0.4, -0.2) is 34.7 Å². The van der Waals surface area contributed by atoms with Gasteiger partial charge in [0, 0.05) is 29.7 Å². The number of nitrogens with zero attached hydrogens (tertiary/aromatic N) is 3. The van der Waals surface area contributed by atoms with Crippen LogP contribution in [0.2, 0.25) is 0 Å². The van der Waals surface area contributed by atoms with Crippen LogP contribution < -0.4 is 5.73 Å². The van der Waals surface area contributed by atoms with Gasteiger partial charge in [-0.3, -0.25) is 0 Å². The normalized spacial score (nSPS) is 14.3. The number of sulfone groups is 1. The molecular formula is C18H14F4N4O3S. The summed E-state index contributed by atoms with van der Waals surface area (Å²) >= 11 is 0. The van der Waals surface area contributed by atoms with E-state index in [9.17, 15) is 31.1 Å². The summed E-state index contributed by atoms with van der Waals surface area (Å²) in [5, 5.41) is 9.64. The Morgan fingerprint density at radius 1 is 0.967 bits per heavy atom. The maximum Gasteiger partial charge on any atom is 0.421 e. The van der Waals surface area contributed by atoms with Crippen LogP contribution >= 0.6 is 0 Å². The fourth-order valence-electron chi connectivity index (χ4n) is 2.39. The average molecular weight is 442 g/mol. The van der Waals surface area contributed by atoms with Crippen LogP contribution in [0.25, 0.3) is 11.4 Å². The van der Waals surface area contributed by atoms with Crippen LogP contribution in [-0.2, 0) is 15.4 Å². The number of anilines is 1. The van der Waals surface area contributed by atoms with Crippen molar-refractivity contribution in [1.29, 1.82) is 0 Å². The Labute approximate surface area is 168 Å². The number of rotatable bonds is 4. The molecule has 1 aromatic carbocycles. The number of benzene rings is 1. The summed E-state index contributed by atoms with van der Waals surface area (Å²) in [7, 11) is -4.08. The SMILES string of the molecule is C[C@](O)(c1cnc(-c2ccc(S(=O)(=O)c3cnc(N)c(F)c3)cc2)nc1)C(F)(F)F. The highest BCUT2D eigenvalue weighted by Crippen LogP contribution is 2.38. The fourth-order valence-corrected chi connectivity index (χ4v) is 3.61. The second-order valence-electron chi connectivity index (χ2n) is 6.43. The highest BCUT2D eigenvalue weighted by molar-refractivity contribution is 7.91. The van der Waals surface area contributed by atoms with Gasteiger partial charge in [0.25, 0.3) is 0 Å². The first-order valence-electron chi connectivity index (χ1n) is 8.22. The monoisotopic (exact) mass is 442 g/mol. The third kappa shape index (κ3) is 3.83. The molecule has 0 aliphatic carbocycles. The number of hydrogen-bond acceptors (Lipinski definition) is 7. The second-order valence-corrected chi connectivity index (χ2v) is 8.38. The predicted octanol–water partition coefficient (Wildman–Crippen LogP) is 2.86. The lowest BCUT2D eigenvalue weighted by molar-refractivity contribution is -0.259. The quantitative estimate of drug-likeness (QED) is 0.597. The van der Waals surface area contributed by atoms with Gasteiger partial charge in [0.15, 0.2) is 23.1 Å². The van der Waals surface area contributed by atoms with Gasteiger partial charge in [-0.05, 0) is 37.3 Å². The Kier molecular flexibility index (Phi) is 5.24. The number of aromatic nitrogens is 3. The van der Waals surface area contributed by atoms with E-state index in [-0.39, 0.29) is 10.7 Å². The van der Waals surface area contributed by atoms with Gasteiger partial charge in [0.2, 0.25) is 9.84 Å². The van der Waals surface area contributed by atoms with Crippen LogP contribution in [0.3, 0.4) is 0 Å². The maximum absolute atomic E-state index is 13.5. The van der Waals surface area contributed by atoms with Gasteiger partial charge in [-0.15, -0.1) is 0 Å². The van der Waals surface area contributed by atoms with E-state index >= 15 is 0 Å². The summed E-state index contributed by atoms with van der Waals surface area (Å²) in [6.07, 6.45) is -2.31. The zero-order valence-electron chi connectivity index (χ0n) is 15.2. The summed E-state index contributed by atoms with van der Waals surface area (Å²) < 4.78 is 77.4. The number of halogens is 4. The van der Waals surface area contributed by atoms with E-state index in [4.69, 9.17) is 5.73 Å². The standard InChI is InChI=1S/C18H14F4N4O3S/c1-17(27,18(20,21)22)11-7-25-16(26-8-11)10-2-4-12(5-3-10)30(28,29)13-6-14(19)15(23)24-9-13/h2-9,27H,1H3,(H2,23,24)/t17-/m0/s1. The number of nitrogen functional groups attached to an aromatic ring is 1. The van der Waals surface area contributed by atoms with Gasteiger partial charge < -0.3 is 10.8 Å². The predicted molar refractivity (Wildman–Crippen MR) is 97.2 cm³/mol. The molecule has 3 N–H and O–H groups in total. The van der Waals surface area contributed by atoms with Crippen molar-refractivity contribution in [2.24, 2.45) is 0 Å². The van der Waals surface area contributed by atoms with Crippen molar-refractivity contribution in [3.63, 3.8) is 0 Å². The molecule has 158 valence electrons. The molecule has 0 saturated heterocycles. The number of hydrogen-bond donors (Lipinski definition) is 2. The summed E-state index contributed by atoms with van der Waals surface area (Å²) in [5.41, 5.74) is 1.89. The molecule has 0 aliphatic rings. The number of pyridine rings is 1. The highest BCUT2D eigenvalue weighted by Gasteiger charge is 2.51. The second kappa shape index (κ2) is 7.29. The Morgan fingerprint density at radius 3 is 2.03 bits per heavy atom. The smallest absolute Gasteiger partial charge is 0.381 e. The highest BCUT2D eigenvalue weighted by atomic mass is 32.2. The van der Waals surface area contributed by atoms with E-state index in [1.807, 2.05) is 0 Å². The van der Waals surface area contributed by atoms with Crippen molar-refractivity contribution in [2.75, 3.05) is 5.73 Å². The van der Waals surface area contributed by atoms with E-state index in [0.717, 1.165) is 24.7 Å². The van der Waals surface area contributed by atoms with Gasteiger partial charge in [-0.25, -0.2) is 27.8 Å². The summed E-state index contributed by atoms with van der Waals surface area (Å²) in [6, 6.07) is 5.85. The third-order valence-corrected chi connectivity index (χ3v) is 6.08. The number of nitrogens with two attached hydrogens (primary N) is 1. The molecule has 30 heavy (non-hydrogen) atoms. The lowest BCUT2D eigenvalue weighted by Gasteiger charge is -2.25. The molecule has 0 bridgehead atoms. The van der Waals surface area contributed by atoms with E-state index in [1.165, 1.54) is 24.3 Å². The van der Waals surface area contributed by atoms with Crippen molar-refractivity contribution in [1.82, 2.24) is 15.0 Å². The fraction of sp³-hybridized carbons (Fsp3) is 0.167. The van der Waals surface area contributed by atoms with Crippen molar-refractivity contribution < 1.29 is 31.1 Å². The molecule has 0 spiro atoms. The lowest BCUT2D eigenvalue weighted by atomic mass is 9.98. The summed E-state index contributed by atoms with van der Waals surface area (Å²) in [6.45, 7) is 0.583.